The molecule has 1 saturated carbocycles. The maximum atomic E-state index is 9.46. The topological polar surface area (TPSA) is 55.5 Å². The van der Waals surface area contributed by atoms with Crippen molar-refractivity contribution in [3.05, 3.63) is 35.9 Å². The van der Waals surface area contributed by atoms with Crippen LogP contribution in [0.15, 0.2) is 30.3 Å². The van der Waals surface area contributed by atoms with Crippen molar-refractivity contribution in [2.24, 2.45) is 5.73 Å². The summed E-state index contributed by atoms with van der Waals surface area (Å²) in [4.78, 5) is 0. The minimum atomic E-state index is -0.397. The van der Waals surface area contributed by atoms with Gasteiger partial charge in [-0.2, -0.15) is 0 Å². The van der Waals surface area contributed by atoms with Gasteiger partial charge in [-0.15, -0.1) is 0 Å². The van der Waals surface area contributed by atoms with Crippen LogP contribution in [0.5, 0.6) is 0 Å². The highest BCUT2D eigenvalue weighted by Gasteiger charge is 2.30. The van der Waals surface area contributed by atoms with Gasteiger partial charge in [0.15, 0.2) is 0 Å². The Bertz CT molecular complexity index is 292. The lowest BCUT2D eigenvalue weighted by Crippen LogP contribution is -2.28. The largest absolute Gasteiger partial charge is 0.391 e. The van der Waals surface area contributed by atoms with E-state index in [1.807, 2.05) is 30.3 Å². The van der Waals surface area contributed by atoms with E-state index < -0.39 is 6.10 Å². The smallest absolute Gasteiger partial charge is 0.0720 e. The van der Waals surface area contributed by atoms with Crippen molar-refractivity contribution in [1.82, 2.24) is 0 Å². The minimum Gasteiger partial charge on any atom is -0.391 e. The molecule has 2 rings (SSSR count). The van der Waals surface area contributed by atoms with E-state index >= 15 is 0 Å². The zero-order valence-corrected chi connectivity index (χ0v) is 8.67. The van der Waals surface area contributed by atoms with Gasteiger partial charge in [-0.1, -0.05) is 30.3 Å². The molecular formula is C12H17NO2. The normalized spacial score (nSPS) is 30.7. The van der Waals surface area contributed by atoms with Gasteiger partial charge in [-0.3, -0.25) is 0 Å². The Morgan fingerprint density at radius 3 is 2.60 bits per heavy atom. The Hall–Kier alpha value is -0.900. The number of benzene rings is 1. The third kappa shape index (κ3) is 2.78. The number of hydrogen-bond donors (Lipinski definition) is 2. The Morgan fingerprint density at radius 1 is 1.27 bits per heavy atom. The van der Waals surface area contributed by atoms with Gasteiger partial charge in [0.1, 0.15) is 0 Å². The Balaban J connectivity index is 1.80. The molecule has 1 fully saturated rings. The average molecular weight is 207 g/mol. The van der Waals surface area contributed by atoms with Crippen molar-refractivity contribution >= 4 is 0 Å². The van der Waals surface area contributed by atoms with Crippen LogP contribution < -0.4 is 5.73 Å². The van der Waals surface area contributed by atoms with Gasteiger partial charge in [0.05, 0.1) is 18.8 Å². The Morgan fingerprint density at radius 2 is 2.00 bits per heavy atom. The van der Waals surface area contributed by atoms with Gasteiger partial charge >= 0.3 is 0 Å². The highest BCUT2D eigenvalue weighted by atomic mass is 16.5. The van der Waals surface area contributed by atoms with E-state index in [0.717, 1.165) is 12.0 Å². The molecule has 15 heavy (non-hydrogen) atoms. The Kier molecular flexibility index (Phi) is 3.36. The lowest BCUT2D eigenvalue weighted by molar-refractivity contribution is 0.0357. The molecule has 0 radical (unpaired) electrons. The summed E-state index contributed by atoms with van der Waals surface area (Å²) in [6.45, 7) is 0.602. The van der Waals surface area contributed by atoms with E-state index in [1.54, 1.807) is 0 Å². The number of aliphatic hydroxyl groups excluding tert-OH is 1. The Labute approximate surface area is 89.9 Å². The van der Waals surface area contributed by atoms with Crippen LogP contribution in [0.4, 0.5) is 0 Å². The van der Waals surface area contributed by atoms with Crippen molar-refractivity contribution < 1.29 is 9.84 Å². The van der Waals surface area contributed by atoms with E-state index in [0.29, 0.717) is 13.0 Å². The van der Waals surface area contributed by atoms with Gasteiger partial charge in [-0.25, -0.2) is 0 Å². The molecule has 0 aliphatic heterocycles. The third-order valence-corrected chi connectivity index (χ3v) is 2.86. The van der Waals surface area contributed by atoms with E-state index in [2.05, 4.69) is 0 Å². The van der Waals surface area contributed by atoms with E-state index in [1.165, 1.54) is 0 Å². The van der Waals surface area contributed by atoms with Crippen LogP contribution in [0, 0.1) is 0 Å². The molecular weight excluding hydrogens is 190 g/mol. The van der Waals surface area contributed by atoms with Crippen LogP contribution >= 0.6 is 0 Å². The van der Waals surface area contributed by atoms with Crippen LogP contribution in [0.2, 0.25) is 0 Å². The summed E-state index contributed by atoms with van der Waals surface area (Å²) in [7, 11) is 0. The van der Waals surface area contributed by atoms with Gasteiger partial charge < -0.3 is 15.6 Å². The number of aliphatic hydroxyl groups is 1. The summed E-state index contributed by atoms with van der Waals surface area (Å²) in [5, 5.41) is 9.46. The van der Waals surface area contributed by atoms with Crippen LogP contribution in [-0.4, -0.2) is 23.4 Å². The summed E-state index contributed by atoms with van der Waals surface area (Å²) in [5.74, 6) is 0. The lowest BCUT2D eigenvalue weighted by Gasteiger charge is -2.10. The summed E-state index contributed by atoms with van der Waals surface area (Å²) < 4.78 is 5.69. The molecule has 0 spiro atoms. The SMILES string of the molecule is N[C@H]1C[C@H](OCc2ccccc2)C[C@@H]1O. The summed E-state index contributed by atoms with van der Waals surface area (Å²) >= 11 is 0. The number of rotatable bonds is 3. The minimum absolute atomic E-state index is 0.107. The summed E-state index contributed by atoms with van der Waals surface area (Å²) in [6, 6.07) is 9.92. The molecule has 3 heteroatoms. The van der Waals surface area contributed by atoms with E-state index in [-0.39, 0.29) is 12.1 Å². The molecule has 0 saturated heterocycles. The van der Waals surface area contributed by atoms with Gasteiger partial charge in [0.2, 0.25) is 0 Å². The van der Waals surface area contributed by atoms with Crippen molar-refractivity contribution in [3.8, 4) is 0 Å². The second-order valence-electron chi connectivity index (χ2n) is 4.12. The maximum Gasteiger partial charge on any atom is 0.0720 e. The molecule has 0 unspecified atom stereocenters. The van der Waals surface area contributed by atoms with E-state index in [4.69, 9.17) is 10.5 Å². The molecule has 0 amide bonds. The summed E-state index contributed by atoms with van der Waals surface area (Å²) in [5.41, 5.74) is 6.87. The van der Waals surface area contributed by atoms with Gasteiger partial charge in [-0.05, 0) is 12.0 Å². The van der Waals surface area contributed by atoms with Crippen molar-refractivity contribution in [2.75, 3.05) is 0 Å². The molecule has 0 bridgehead atoms. The molecule has 1 aliphatic carbocycles. The van der Waals surface area contributed by atoms with Gasteiger partial charge in [0.25, 0.3) is 0 Å². The monoisotopic (exact) mass is 207 g/mol. The quantitative estimate of drug-likeness (QED) is 0.779. The number of hydrogen-bond acceptors (Lipinski definition) is 3. The average Bonchev–Trinajstić information content (AvgIpc) is 2.57. The van der Waals surface area contributed by atoms with Crippen LogP contribution in [-0.2, 0) is 11.3 Å². The molecule has 3 atom stereocenters. The zero-order valence-electron chi connectivity index (χ0n) is 8.67. The first-order valence-electron chi connectivity index (χ1n) is 5.35. The standard InChI is InChI=1S/C12H17NO2/c13-11-6-10(7-12(11)14)15-8-9-4-2-1-3-5-9/h1-5,10-12,14H,6-8,13H2/t10-,11-,12-/m0/s1. The fourth-order valence-corrected chi connectivity index (χ4v) is 1.93. The lowest BCUT2D eigenvalue weighted by atomic mass is 10.2. The molecule has 1 aromatic carbocycles. The molecule has 0 aromatic heterocycles. The van der Waals surface area contributed by atoms with Crippen molar-refractivity contribution in [3.63, 3.8) is 0 Å². The first-order valence-corrected chi connectivity index (χ1v) is 5.35. The third-order valence-electron chi connectivity index (χ3n) is 2.86. The maximum absolute atomic E-state index is 9.46. The second kappa shape index (κ2) is 4.75. The molecule has 1 aliphatic rings. The number of ether oxygens (including phenoxy) is 1. The molecule has 3 N–H and O–H groups in total. The predicted molar refractivity (Wildman–Crippen MR) is 58.2 cm³/mol. The van der Waals surface area contributed by atoms with Crippen LogP contribution in [0.25, 0.3) is 0 Å². The number of nitrogens with two attached hydrogens (primary N) is 1. The first-order chi connectivity index (χ1) is 7.25. The highest BCUT2D eigenvalue weighted by molar-refractivity contribution is 5.13. The fraction of sp³-hybridized carbons (Fsp3) is 0.500. The molecule has 3 nitrogen and oxygen atoms in total. The first kappa shape index (κ1) is 10.6. The van der Waals surface area contributed by atoms with Crippen molar-refractivity contribution in [2.45, 2.75) is 37.7 Å². The predicted octanol–water partition coefficient (Wildman–Crippen LogP) is 1.05. The van der Waals surface area contributed by atoms with Crippen LogP contribution in [0.3, 0.4) is 0 Å². The molecule has 1 aromatic rings. The second-order valence-corrected chi connectivity index (χ2v) is 4.12. The summed E-state index contributed by atoms with van der Waals surface area (Å²) in [6.07, 6.45) is 1.13. The highest BCUT2D eigenvalue weighted by Crippen LogP contribution is 2.22. The molecule has 0 heterocycles. The van der Waals surface area contributed by atoms with Gasteiger partial charge in [0, 0.05) is 12.5 Å². The van der Waals surface area contributed by atoms with Crippen LogP contribution in [0.1, 0.15) is 18.4 Å². The zero-order chi connectivity index (χ0) is 10.7. The van der Waals surface area contributed by atoms with E-state index in [9.17, 15) is 5.11 Å². The van der Waals surface area contributed by atoms with Crippen molar-refractivity contribution in [1.29, 1.82) is 0 Å². The molecule has 82 valence electrons. The fourth-order valence-electron chi connectivity index (χ4n) is 1.93.